The van der Waals surface area contributed by atoms with E-state index in [-0.39, 0.29) is 18.5 Å². The maximum Gasteiger partial charge on any atom is 0.321 e. The molecule has 10 nitrogen and oxygen atoms in total. The lowest BCUT2D eigenvalue weighted by Crippen LogP contribution is -2.51. The Morgan fingerprint density at radius 1 is 1.00 bits per heavy atom. The highest BCUT2D eigenvalue weighted by molar-refractivity contribution is 5.97. The molecule has 3 N–H and O–H groups in total. The van der Waals surface area contributed by atoms with Gasteiger partial charge in [0.1, 0.15) is 12.6 Å². The van der Waals surface area contributed by atoms with Crippen molar-refractivity contribution in [2.45, 2.75) is 51.0 Å². The number of urea groups is 1. The third-order valence-electron chi connectivity index (χ3n) is 7.32. The predicted octanol–water partition coefficient (Wildman–Crippen LogP) is 2.43. The van der Waals surface area contributed by atoms with Gasteiger partial charge in [0.25, 0.3) is 5.91 Å². The molecule has 2 saturated heterocycles. The van der Waals surface area contributed by atoms with Crippen molar-refractivity contribution in [2.24, 2.45) is 5.92 Å². The maximum atomic E-state index is 13.4. The van der Waals surface area contributed by atoms with Gasteiger partial charge in [-0.2, -0.15) is 0 Å². The van der Waals surface area contributed by atoms with E-state index in [0.717, 1.165) is 44.5 Å². The number of benzene rings is 1. The van der Waals surface area contributed by atoms with Gasteiger partial charge in [0, 0.05) is 37.6 Å². The Labute approximate surface area is 206 Å². The van der Waals surface area contributed by atoms with Crippen LogP contribution in [0, 0.1) is 5.92 Å². The average molecular weight is 488 g/mol. The van der Waals surface area contributed by atoms with Crippen LogP contribution < -0.4 is 15.7 Å². The molecule has 3 fully saturated rings. The van der Waals surface area contributed by atoms with Crippen molar-refractivity contribution in [3.05, 3.63) is 24.3 Å². The van der Waals surface area contributed by atoms with Gasteiger partial charge in [-0.25, -0.2) is 10.3 Å². The number of morpholine rings is 1. The monoisotopic (exact) mass is 487 g/mol. The van der Waals surface area contributed by atoms with E-state index in [1.807, 2.05) is 24.3 Å². The van der Waals surface area contributed by atoms with Crippen LogP contribution in [0.3, 0.4) is 0 Å². The third-order valence-corrected chi connectivity index (χ3v) is 7.32. The quantitative estimate of drug-likeness (QED) is 0.383. The predicted molar refractivity (Wildman–Crippen MR) is 131 cm³/mol. The van der Waals surface area contributed by atoms with Crippen molar-refractivity contribution in [3.63, 3.8) is 0 Å². The van der Waals surface area contributed by atoms with E-state index in [2.05, 4.69) is 10.2 Å². The summed E-state index contributed by atoms with van der Waals surface area (Å²) in [6.45, 7) is 3.78. The standard InChI is InChI=1S/C25H37N5O5/c31-23(27-34)18-29(13-11-19-4-1-2-5-19)25(33)30-12-3-6-22(30)24(32)26-20-7-9-21(10-8-20)28-14-16-35-17-15-28/h7-10,19,22,34H,1-6,11-18H2,(H,26,32)(H,27,31). The van der Waals surface area contributed by atoms with Crippen LogP contribution in [0.2, 0.25) is 0 Å². The molecule has 2 heterocycles. The molecule has 2 aliphatic heterocycles. The van der Waals surface area contributed by atoms with Crippen molar-refractivity contribution in [2.75, 3.05) is 56.2 Å². The molecule has 35 heavy (non-hydrogen) atoms. The minimum Gasteiger partial charge on any atom is -0.378 e. The fourth-order valence-corrected chi connectivity index (χ4v) is 5.34. The molecule has 0 spiro atoms. The second-order valence-corrected chi connectivity index (χ2v) is 9.67. The Kier molecular flexibility index (Phi) is 8.81. The lowest BCUT2D eigenvalue weighted by atomic mass is 10.0. The molecule has 4 rings (SSSR count). The van der Waals surface area contributed by atoms with Crippen LogP contribution >= 0.6 is 0 Å². The zero-order chi connectivity index (χ0) is 24.6. The molecule has 1 aromatic carbocycles. The fraction of sp³-hybridized carbons (Fsp3) is 0.640. The molecule has 1 aromatic rings. The van der Waals surface area contributed by atoms with Gasteiger partial charge in [-0.15, -0.1) is 0 Å². The number of amides is 4. The number of ether oxygens (including phenoxy) is 1. The molecule has 10 heteroatoms. The van der Waals surface area contributed by atoms with Gasteiger partial charge < -0.3 is 24.8 Å². The second kappa shape index (κ2) is 12.2. The largest absolute Gasteiger partial charge is 0.378 e. The molecular weight excluding hydrogens is 450 g/mol. The summed E-state index contributed by atoms with van der Waals surface area (Å²) >= 11 is 0. The normalized spacial score (nSPS) is 20.7. The molecule has 0 bridgehead atoms. The first-order chi connectivity index (χ1) is 17.0. The first-order valence-electron chi connectivity index (χ1n) is 12.8. The number of hydroxylamine groups is 1. The Morgan fingerprint density at radius 2 is 1.71 bits per heavy atom. The second-order valence-electron chi connectivity index (χ2n) is 9.67. The molecule has 192 valence electrons. The highest BCUT2D eigenvalue weighted by Crippen LogP contribution is 2.28. The van der Waals surface area contributed by atoms with Gasteiger partial charge >= 0.3 is 6.03 Å². The van der Waals surface area contributed by atoms with E-state index < -0.39 is 11.9 Å². The summed E-state index contributed by atoms with van der Waals surface area (Å²) in [5, 5.41) is 11.9. The van der Waals surface area contributed by atoms with E-state index >= 15 is 0 Å². The number of nitrogens with zero attached hydrogens (tertiary/aromatic N) is 3. The molecule has 1 unspecified atom stereocenters. The zero-order valence-corrected chi connectivity index (χ0v) is 20.3. The van der Waals surface area contributed by atoms with Crippen LogP contribution in [0.5, 0.6) is 0 Å². The van der Waals surface area contributed by atoms with Gasteiger partial charge in [-0.05, 0) is 49.4 Å². The van der Waals surface area contributed by atoms with E-state index in [0.29, 0.717) is 44.3 Å². The van der Waals surface area contributed by atoms with Crippen molar-refractivity contribution in [1.82, 2.24) is 15.3 Å². The van der Waals surface area contributed by atoms with E-state index in [4.69, 9.17) is 9.94 Å². The minimum absolute atomic E-state index is 0.225. The Bertz CT molecular complexity index is 868. The number of carbonyl (C=O) groups is 3. The average Bonchev–Trinajstić information content (AvgIpc) is 3.59. The number of likely N-dealkylation sites (tertiary alicyclic amines) is 1. The van der Waals surface area contributed by atoms with Gasteiger partial charge in [-0.3, -0.25) is 14.8 Å². The number of nitrogens with one attached hydrogen (secondary N) is 2. The molecule has 1 atom stereocenters. The molecule has 3 aliphatic rings. The summed E-state index contributed by atoms with van der Waals surface area (Å²) in [6, 6.07) is 6.81. The van der Waals surface area contributed by atoms with Crippen LogP contribution in [0.25, 0.3) is 0 Å². The summed E-state index contributed by atoms with van der Waals surface area (Å²) in [6.07, 6.45) is 6.83. The van der Waals surface area contributed by atoms with E-state index in [9.17, 15) is 14.4 Å². The SMILES string of the molecule is O=C(CN(CCC1CCCC1)C(=O)N1CCCC1C(=O)Nc1ccc(N2CCOCC2)cc1)NO. The Balaban J connectivity index is 1.37. The third kappa shape index (κ3) is 6.64. The van der Waals surface area contributed by atoms with Crippen LogP contribution in [0.4, 0.5) is 16.2 Å². The van der Waals surface area contributed by atoms with Gasteiger partial charge in [-0.1, -0.05) is 25.7 Å². The topological polar surface area (TPSA) is 114 Å². The number of carbonyl (C=O) groups excluding carboxylic acids is 3. The molecule has 0 aromatic heterocycles. The minimum atomic E-state index is -0.634. The zero-order valence-electron chi connectivity index (χ0n) is 20.3. The number of hydrogen-bond acceptors (Lipinski definition) is 6. The van der Waals surface area contributed by atoms with Crippen molar-refractivity contribution in [1.29, 1.82) is 0 Å². The van der Waals surface area contributed by atoms with E-state index in [1.54, 1.807) is 10.4 Å². The summed E-state index contributed by atoms with van der Waals surface area (Å²) in [5.41, 5.74) is 3.39. The van der Waals surface area contributed by atoms with Crippen LogP contribution in [-0.4, -0.2) is 84.8 Å². The summed E-state index contributed by atoms with van der Waals surface area (Å²) < 4.78 is 5.40. The smallest absolute Gasteiger partial charge is 0.321 e. The van der Waals surface area contributed by atoms with Crippen LogP contribution in [0.15, 0.2) is 24.3 Å². The summed E-state index contributed by atoms with van der Waals surface area (Å²) in [7, 11) is 0. The van der Waals surface area contributed by atoms with Crippen LogP contribution in [0.1, 0.15) is 44.9 Å². The lowest BCUT2D eigenvalue weighted by Gasteiger charge is -2.31. The molecule has 1 saturated carbocycles. The van der Waals surface area contributed by atoms with E-state index in [1.165, 1.54) is 17.7 Å². The Hall–Kier alpha value is -2.85. The number of hydrogen-bond donors (Lipinski definition) is 3. The van der Waals surface area contributed by atoms with Gasteiger partial charge in [0.2, 0.25) is 5.91 Å². The first-order valence-corrected chi connectivity index (χ1v) is 12.8. The first kappa shape index (κ1) is 25.2. The molecule has 4 amide bonds. The molecular formula is C25H37N5O5. The highest BCUT2D eigenvalue weighted by Gasteiger charge is 2.37. The lowest BCUT2D eigenvalue weighted by molar-refractivity contribution is -0.129. The molecule has 0 radical (unpaired) electrons. The van der Waals surface area contributed by atoms with Crippen molar-refractivity contribution >= 4 is 29.2 Å². The highest BCUT2D eigenvalue weighted by atomic mass is 16.5. The summed E-state index contributed by atoms with van der Waals surface area (Å²) in [4.78, 5) is 43.6. The van der Waals surface area contributed by atoms with Crippen LogP contribution in [-0.2, 0) is 14.3 Å². The van der Waals surface area contributed by atoms with Gasteiger partial charge in [0.05, 0.1) is 13.2 Å². The summed E-state index contributed by atoms with van der Waals surface area (Å²) in [5.74, 6) is -0.303. The van der Waals surface area contributed by atoms with Gasteiger partial charge in [0.15, 0.2) is 0 Å². The number of rotatable bonds is 8. The number of anilines is 2. The fourth-order valence-electron chi connectivity index (χ4n) is 5.34. The van der Waals surface area contributed by atoms with Crippen molar-refractivity contribution < 1.29 is 24.3 Å². The Morgan fingerprint density at radius 3 is 2.40 bits per heavy atom. The maximum absolute atomic E-state index is 13.4. The van der Waals surface area contributed by atoms with Crippen molar-refractivity contribution in [3.8, 4) is 0 Å². The molecule has 1 aliphatic carbocycles.